The average Bonchev–Trinajstić information content (AvgIpc) is 2.78. The third-order valence-corrected chi connectivity index (χ3v) is 5.66. The fraction of sp³-hybridized carbons (Fsp3) is 0.464. The first kappa shape index (κ1) is 27.9. The summed E-state index contributed by atoms with van der Waals surface area (Å²) in [5.74, 6) is -0.618. The van der Waals surface area contributed by atoms with Crippen LogP contribution in [-0.4, -0.2) is 41.0 Å². The van der Waals surface area contributed by atoms with E-state index in [1.54, 1.807) is 32.6 Å². The van der Waals surface area contributed by atoms with E-state index in [9.17, 15) is 14.4 Å². The van der Waals surface area contributed by atoms with Crippen LogP contribution in [0.3, 0.4) is 0 Å². The van der Waals surface area contributed by atoms with E-state index in [1.165, 1.54) is 0 Å². The van der Waals surface area contributed by atoms with Crippen LogP contribution >= 0.6 is 0 Å². The van der Waals surface area contributed by atoms with Crippen LogP contribution in [0.5, 0.6) is 0 Å². The van der Waals surface area contributed by atoms with Gasteiger partial charge in [-0.2, -0.15) is 0 Å². The zero-order valence-corrected chi connectivity index (χ0v) is 22.0. The molecule has 2 aromatic rings. The summed E-state index contributed by atoms with van der Waals surface area (Å²) in [6.45, 7) is 13.5. The molecule has 0 aromatic heterocycles. The summed E-state index contributed by atoms with van der Waals surface area (Å²) in [4.78, 5) is 41.1. The molecule has 0 aliphatic heterocycles. The summed E-state index contributed by atoms with van der Waals surface area (Å²) < 4.78 is 5.31. The predicted molar refractivity (Wildman–Crippen MR) is 138 cm³/mol. The van der Waals surface area contributed by atoms with Crippen molar-refractivity contribution in [2.75, 3.05) is 6.54 Å². The maximum Gasteiger partial charge on any atom is 0.408 e. The first-order valence-corrected chi connectivity index (χ1v) is 12.1. The number of nitrogens with one attached hydrogen (secondary N) is 2. The van der Waals surface area contributed by atoms with Gasteiger partial charge in [-0.05, 0) is 70.2 Å². The Balaban J connectivity index is 2.37. The number of aryl methyl sites for hydroxylation is 1. The van der Waals surface area contributed by atoms with Gasteiger partial charge in [-0.15, -0.1) is 0 Å². The molecule has 0 aliphatic rings. The molecule has 0 fully saturated rings. The molecule has 0 bridgehead atoms. The summed E-state index contributed by atoms with van der Waals surface area (Å²) >= 11 is 0. The number of rotatable bonds is 9. The van der Waals surface area contributed by atoms with E-state index in [4.69, 9.17) is 4.74 Å². The molecule has 2 aromatic carbocycles. The molecule has 0 radical (unpaired) electrons. The Morgan fingerprint density at radius 1 is 1.00 bits per heavy atom. The summed E-state index contributed by atoms with van der Waals surface area (Å²) in [5.41, 5.74) is 3.03. The molecule has 2 unspecified atom stereocenters. The van der Waals surface area contributed by atoms with Gasteiger partial charge in [-0.1, -0.05) is 55.5 Å². The SMILES string of the molecule is CCCN(C(=O)C(C)NC(=O)OC(C)(C)C)C(C(=O)NCc1ccccc1)c1cccc(C)c1C. The number of benzene rings is 2. The fourth-order valence-electron chi connectivity index (χ4n) is 3.80. The number of alkyl carbamates (subject to hydrolysis) is 1. The molecule has 2 atom stereocenters. The Morgan fingerprint density at radius 3 is 2.26 bits per heavy atom. The Bertz CT molecular complexity index is 1010. The van der Waals surface area contributed by atoms with Gasteiger partial charge in [-0.25, -0.2) is 4.79 Å². The highest BCUT2D eigenvalue weighted by Crippen LogP contribution is 2.27. The fourth-order valence-corrected chi connectivity index (χ4v) is 3.80. The van der Waals surface area contributed by atoms with Crippen LogP contribution in [0.25, 0.3) is 0 Å². The largest absolute Gasteiger partial charge is 0.444 e. The summed E-state index contributed by atoms with van der Waals surface area (Å²) in [6.07, 6.45) is -0.0234. The third kappa shape index (κ3) is 8.12. The van der Waals surface area contributed by atoms with Crippen LogP contribution in [0.1, 0.15) is 69.3 Å². The van der Waals surface area contributed by atoms with Crippen molar-refractivity contribution in [1.29, 1.82) is 0 Å². The smallest absolute Gasteiger partial charge is 0.408 e. The summed E-state index contributed by atoms with van der Waals surface area (Å²) in [7, 11) is 0. The van der Waals surface area contributed by atoms with Crippen LogP contribution in [0.15, 0.2) is 48.5 Å². The number of amides is 3. The highest BCUT2D eigenvalue weighted by Gasteiger charge is 2.35. The van der Waals surface area contributed by atoms with Gasteiger partial charge in [-0.3, -0.25) is 9.59 Å². The van der Waals surface area contributed by atoms with E-state index >= 15 is 0 Å². The van der Waals surface area contributed by atoms with Gasteiger partial charge in [0.1, 0.15) is 17.7 Å². The van der Waals surface area contributed by atoms with E-state index in [0.29, 0.717) is 19.5 Å². The molecule has 2 N–H and O–H groups in total. The number of hydrogen-bond donors (Lipinski definition) is 2. The lowest BCUT2D eigenvalue weighted by molar-refractivity contribution is -0.142. The van der Waals surface area contributed by atoms with Gasteiger partial charge < -0.3 is 20.3 Å². The molecule has 0 saturated carbocycles. The third-order valence-electron chi connectivity index (χ3n) is 5.66. The minimum atomic E-state index is -0.870. The zero-order valence-electron chi connectivity index (χ0n) is 22.0. The van der Waals surface area contributed by atoms with Crippen molar-refractivity contribution in [1.82, 2.24) is 15.5 Å². The minimum absolute atomic E-state index is 0.270. The van der Waals surface area contributed by atoms with Crippen molar-refractivity contribution in [2.24, 2.45) is 0 Å². The van der Waals surface area contributed by atoms with Gasteiger partial charge in [0, 0.05) is 13.1 Å². The maximum absolute atomic E-state index is 13.6. The van der Waals surface area contributed by atoms with Gasteiger partial charge in [0.25, 0.3) is 0 Å². The van der Waals surface area contributed by atoms with Crippen molar-refractivity contribution in [3.8, 4) is 0 Å². The normalized spacial score (nSPS) is 12.9. The summed E-state index contributed by atoms with van der Waals surface area (Å²) in [6, 6.07) is 13.7. The quantitative estimate of drug-likeness (QED) is 0.538. The predicted octanol–water partition coefficient (Wildman–Crippen LogP) is 4.81. The Morgan fingerprint density at radius 2 is 1.66 bits per heavy atom. The molecule has 0 heterocycles. The maximum atomic E-state index is 13.6. The number of nitrogens with zero attached hydrogens (tertiary/aromatic N) is 1. The molecule has 0 saturated heterocycles. The number of hydrogen-bond acceptors (Lipinski definition) is 4. The van der Waals surface area contributed by atoms with Crippen molar-refractivity contribution in [3.63, 3.8) is 0 Å². The second-order valence-corrected chi connectivity index (χ2v) is 9.79. The van der Waals surface area contributed by atoms with E-state index < -0.39 is 23.8 Å². The lowest BCUT2D eigenvalue weighted by atomic mass is 9.95. The minimum Gasteiger partial charge on any atom is -0.444 e. The number of carbonyl (C=O) groups excluding carboxylic acids is 3. The van der Waals surface area contributed by atoms with Crippen LogP contribution < -0.4 is 10.6 Å². The van der Waals surface area contributed by atoms with Crippen molar-refractivity contribution in [3.05, 3.63) is 70.8 Å². The van der Waals surface area contributed by atoms with Crippen LogP contribution in [-0.2, 0) is 20.9 Å². The molecule has 7 heteroatoms. The Labute approximate surface area is 209 Å². The second kappa shape index (κ2) is 12.4. The Hall–Kier alpha value is -3.35. The molecule has 2 rings (SSSR count). The zero-order chi connectivity index (χ0) is 26.2. The highest BCUT2D eigenvalue weighted by atomic mass is 16.6. The lowest BCUT2D eigenvalue weighted by Crippen LogP contribution is -2.52. The molecule has 190 valence electrons. The van der Waals surface area contributed by atoms with Crippen LogP contribution in [0.2, 0.25) is 0 Å². The standard InChI is InChI=1S/C28H39N3O4/c1-8-17-31(26(33)21(4)30-27(34)35-28(5,6)7)24(23-16-12-13-19(2)20(23)3)25(32)29-18-22-14-10-9-11-15-22/h9-16,21,24H,8,17-18H2,1-7H3,(H,29,32)(H,30,34). The van der Waals surface area contributed by atoms with Gasteiger partial charge in [0.05, 0.1) is 0 Å². The summed E-state index contributed by atoms with van der Waals surface area (Å²) in [5, 5.41) is 5.62. The molecule has 35 heavy (non-hydrogen) atoms. The molecule has 7 nitrogen and oxygen atoms in total. The topological polar surface area (TPSA) is 87.7 Å². The van der Waals surface area contributed by atoms with Gasteiger partial charge >= 0.3 is 6.09 Å². The second-order valence-electron chi connectivity index (χ2n) is 9.79. The lowest BCUT2D eigenvalue weighted by Gasteiger charge is -2.34. The van der Waals surface area contributed by atoms with Crippen molar-refractivity contribution < 1.29 is 19.1 Å². The van der Waals surface area contributed by atoms with Crippen molar-refractivity contribution in [2.45, 2.75) is 79.1 Å². The number of ether oxygens (including phenoxy) is 1. The molecule has 0 aliphatic carbocycles. The number of carbonyl (C=O) groups is 3. The molecular formula is C28H39N3O4. The van der Waals surface area contributed by atoms with E-state index in [0.717, 1.165) is 22.3 Å². The first-order chi connectivity index (χ1) is 16.4. The average molecular weight is 482 g/mol. The van der Waals surface area contributed by atoms with E-state index in [1.807, 2.05) is 69.3 Å². The van der Waals surface area contributed by atoms with E-state index in [2.05, 4.69) is 10.6 Å². The highest BCUT2D eigenvalue weighted by molar-refractivity contribution is 5.92. The molecule has 3 amide bonds. The monoisotopic (exact) mass is 481 g/mol. The van der Waals surface area contributed by atoms with Crippen LogP contribution in [0, 0.1) is 13.8 Å². The first-order valence-electron chi connectivity index (χ1n) is 12.1. The van der Waals surface area contributed by atoms with Crippen LogP contribution in [0.4, 0.5) is 4.79 Å². The molecule has 0 spiro atoms. The molecular weight excluding hydrogens is 442 g/mol. The van der Waals surface area contributed by atoms with E-state index in [-0.39, 0.29) is 11.8 Å². The van der Waals surface area contributed by atoms with Gasteiger partial charge in [0.2, 0.25) is 11.8 Å². The van der Waals surface area contributed by atoms with Crippen molar-refractivity contribution >= 4 is 17.9 Å². The van der Waals surface area contributed by atoms with Gasteiger partial charge in [0.15, 0.2) is 0 Å². The Kier molecular flexibility index (Phi) is 9.87.